The van der Waals surface area contributed by atoms with E-state index in [1.807, 2.05) is 30.3 Å². The number of carbonyl (C=O) groups excluding carboxylic acids is 2. The minimum Gasteiger partial charge on any atom is -0.368 e. The second-order valence-corrected chi connectivity index (χ2v) is 8.11. The number of halogens is 1. The Morgan fingerprint density at radius 2 is 2.00 bits per heavy atom. The van der Waals surface area contributed by atoms with Crippen molar-refractivity contribution < 1.29 is 18.7 Å². The SMILES string of the molecule is CN1CCN(C(=O)C2CCCO2)CC(Cc2ccccc2-c2cccc(F)c2)C1=O. The molecule has 4 rings (SSSR count). The van der Waals surface area contributed by atoms with Crippen LogP contribution in [0.5, 0.6) is 0 Å². The number of hydrogen-bond donors (Lipinski definition) is 0. The Morgan fingerprint density at radius 1 is 1.17 bits per heavy atom. The van der Waals surface area contributed by atoms with Crippen LogP contribution in [-0.2, 0) is 20.7 Å². The van der Waals surface area contributed by atoms with E-state index in [0.29, 0.717) is 32.7 Å². The Labute approximate surface area is 176 Å². The summed E-state index contributed by atoms with van der Waals surface area (Å²) in [5.41, 5.74) is 2.67. The minimum absolute atomic E-state index is 0.0148. The topological polar surface area (TPSA) is 49.9 Å². The van der Waals surface area contributed by atoms with E-state index in [-0.39, 0.29) is 29.7 Å². The fourth-order valence-corrected chi connectivity index (χ4v) is 4.36. The molecule has 2 atom stereocenters. The average Bonchev–Trinajstić information content (AvgIpc) is 3.25. The van der Waals surface area contributed by atoms with E-state index in [4.69, 9.17) is 4.74 Å². The highest BCUT2D eigenvalue weighted by Crippen LogP contribution is 2.28. The van der Waals surface area contributed by atoms with Gasteiger partial charge in [0, 0.05) is 33.3 Å². The lowest BCUT2D eigenvalue weighted by Gasteiger charge is -2.26. The maximum atomic E-state index is 13.8. The summed E-state index contributed by atoms with van der Waals surface area (Å²) in [5, 5.41) is 0. The summed E-state index contributed by atoms with van der Waals surface area (Å²) in [6.07, 6.45) is 1.74. The van der Waals surface area contributed by atoms with Crippen LogP contribution in [0.2, 0.25) is 0 Å². The predicted molar refractivity (Wildman–Crippen MR) is 112 cm³/mol. The van der Waals surface area contributed by atoms with E-state index >= 15 is 0 Å². The van der Waals surface area contributed by atoms with Gasteiger partial charge in [-0.3, -0.25) is 9.59 Å². The van der Waals surface area contributed by atoms with Crippen LogP contribution < -0.4 is 0 Å². The van der Waals surface area contributed by atoms with E-state index in [9.17, 15) is 14.0 Å². The summed E-state index contributed by atoms with van der Waals surface area (Å²) >= 11 is 0. The molecule has 2 aliphatic rings. The monoisotopic (exact) mass is 410 g/mol. The first-order chi connectivity index (χ1) is 14.5. The molecule has 158 valence electrons. The van der Waals surface area contributed by atoms with Crippen molar-refractivity contribution in [3.05, 3.63) is 59.9 Å². The Balaban J connectivity index is 1.59. The minimum atomic E-state index is -0.385. The van der Waals surface area contributed by atoms with Gasteiger partial charge in [-0.1, -0.05) is 36.4 Å². The number of ether oxygens (including phenoxy) is 1. The van der Waals surface area contributed by atoms with Crippen LogP contribution in [-0.4, -0.2) is 61.0 Å². The Morgan fingerprint density at radius 3 is 2.77 bits per heavy atom. The molecule has 2 aliphatic heterocycles. The van der Waals surface area contributed by atoms with Crippen LogP contribution in [0.25, 0.3) is 11.1 Å². The molecule has 2 fully saturated rings. The summed E-state index contributed by atoms with van der Waals surface area (Å²) < 4.78 is 19.4. The average molecular weight is 410 g/mol. The van der Waals surface area contributed by atoms with Crippen molar-refractivity contribution in [1.29, 1.82) is 0 Å². The number of benzene rings is 2. The molecule has 0 aromatic heterocycles. The van der Waals surface area contributed by atoms with Crippen molar-refractivity contribution >= 4 is 11.8 Å². The highest BCUT2D eigenvalue weighted by atomic mass is 19.1. The zero-order chi connectivity index (χ0) is 21.1. The summed E-state index contributed by atoms with van der Waals surface area (Å²) in [7, 11) is 1.79. The third-order valence-corrected chi connectivity index (χ3v) is 6.01. The normalized spacial score (nSPS) is 22.3. The predicted octanol–water partition coefficient (Wildman–Crippen LogP) is 3.13. The van der Waals surface area contributed by atoms with Gasteiger partial charge in [-0.15, -0.1) is 0 Å². The summed E-state index contributed by atoms with van der Waals surface area (Å²) in [5.74, 6) is -0.621. The molecule has 2 aromatic carbocycles. The van der Waals surface area contributed by atoms with E-state index in [2.05, 4.69) is 0 Å². The molecule has 2 heterocycles. The largest absolute Gasteiger partial charge is 0.368 e. The number of carbonyl (C=O) groups is 2. The van der Waals surface area contributed by atoms with Gasteiger partial charge >= 0.3 is 0 Å². The second-order valence-electron chi connectivity index (χ2n) is 8.11. The van der Waals surface area contributed by atoms with Gasteiger partial charge in [0.2, 0.25) is 5.91 Å². The van der Waals surface area contributed by atoms with Crippen LogP contribution in [0.4, 0.5) is 4.39 Å². The van der Waals surface area contributed by atoms with Gasteiger partial charge in [0.1, 0.15) is 11.9 Å². The van der Waals surface area contributed by atoms with Gasteiger partial charge in [0.15, 0.2) is 0 Å². The van der Waals surface area contributed by atoms with Gasteiger partial charge in [0.25, 0.3) is 5.91 Å². The van der Waals surface area contributed by atoms with Crippen molar-refractivity contribution in [1.82, 2.24) is 9.80 Å². The molecule has 2 amide bonds. The summed E-state index contributed by atoms with van der Waals surface area (Å²) in [6.45, 7) is 2.02. The van der Waals surface area contributed by atoms with Crippen LogP contribution in [0.1, 0.15) is 18.4 Å². The zero-order valence-corrected chi connectivity index (χ0v) is 17.2. The Hall–Kier alpha value is -2.73. The zero-order valence-electron chi connectivity index (χ0n) is 17.2. The molecule has 0 radical (unpaired) electrons. The first-order valence-corrected chi connectivity index (χ1v) is 10.5. The number of rotatable bonds is 4. The molecule has 6 heteroatoms. The van der Waals surface area contributed by atoms with Gasteiger partial charge in [-0.2, -0.15) is 0 Å². The van der Waals surface area contributed by atoms with E-state index in [0.717, 1.165) is 29.5 Å². The van der Waals surface area contributed by atoms with Crippen LogP contribution in [0.3, 0.4) is 0 Å². The van der Waals surface area contributed by atoms with Crippen molar-refractivity contribution in [2.75, 3.05) is 33.3 Å². The Kier molecular flexibility index (Phi) is 6.13. The molecule has 0 N–H and O–H groups in total. The maximum Gasteiger partial charge on any atom is 0.251 e. The molecule has 2 unspecified atom stereocenters. The fraction of sp³-hybridized carbons (Fsp3) is 0.417. The quantitative estimate of drug-likeness (QED) is 0.778. The summed E-state index contributed by atoms with van der Waals surface area (Å²) in [4.78, 5) is 29.4. The number of likely N-dealkylation sites (N-methyl/N-ethyl adjacent to an activating group) is 1. The third kappa shape index (κ3) is 4.38. The van der Waals surface area contributed by atoms with Crippen molar-refractivity contribution in [3.8, 4) is 11.1 Å². The molecule has 0 spiro atoms. The molecular formula is C24H27FN2O3. The van der Waals surface area contributed by atoms with Crippen molar-refractivity contribution in [3.63, 3.8) is 0 Å². The maximum absolute atomic E-state index is 13.8. The van der Waals surface area contributed by atoms with Crippen molar-refractivity contribution in [2.24, 2.45) is 5.92 Å². The molecule has 2 aromatic rings. The molecule has 2 saturated heterocycles. The first-order valence-electron chi connectivity index (χ1n) is 10.5. The standard InChI is InChI=1S/C24H27FN2O3/c1-26-11-12-27(24(29)22-10-5-13-30-22)16-19(23(26)28)14-17-6-2-3-9-21(17)18-7-4-8-20(25)15-18/h2-4,6-9,15,19,22H,5,10-14,16H2,1H3. The molecule has 5 nitrogen and oxygen atoms in total. The van der Waals surface area contributed by atoms with Crippen molar-refractivity contribution in [2.45, 2.75) is 25.4 Å². The lowest BCUT2D eigenvalue weighted by Crippen LogP contribution is -2.42. The van der Waals surface area contributed by atoms with Crippen LogP contribution >= 0.6 is 0 Å². The highest BCUT2D eigenvalue weighted by Gasteiger charge is 2.35. The van der Waals surface area contributed by atoms with Crippen LogP contribution in [0.15, 0.2) is 48.5 Å². The second kappa shape index (κ2) is 8.96. The van der Waals surface area contributed by atoms with E-state index in [1.54, 1.807) is 22.9 Å². The lowest BCUT2D eigenvalue weighted by molar-refractivity contribution is -0.141. The third-order valence-electron chi connectivity index (χ3n) is 6.01. The number of amides is 2. The fourth-order valence-electron chi connectivity index (χ4n) is 4.36. The molecular weight excluding hydrogens is 383 g/mol. The Bertz CT molecular complexity index is 926. The van der Waals surface area contributed by atoms with Gasteiger partial charge in [0.05, 0.1) is 5.92 Å². The molecule has 0 aliphatic carbocycles. The summed E-state index contributed by atoms with van der Waals surface area (Å²) in [6, 6.07) is 14.3. The van der Waals surface area contributed by atoms with Gasteiger partial charge < -0.3 is 14.5 Å². The van der Waals surface area contributed by atoms with E-state index < -0.39 is 0 Å². The molecule has 0 saturated carbocycles. The van der Waals surface area contributed by atoms with Crippen LogP contribution in [0, 0.1) is 11.7 Å². The number of nitrogens with zero attached hydrogens (tertiary/aromatic N) is 2. The first kappa shape index (κ1) is 20.5. The smallest absolute Gasteiger partial charge is 0.251 e. The van der Waals surface area contributed by atoms with Gasteiger partial charge in [-0.05, 0) is 48.1 Å². The molecule has 30 heavy (non-hydrogen) atoms. The number of hydrogen-bond acceptors (Lipinski definition) is 3. The molecule has 0 bridgehead atoms. The highest BCUT2D eigenvalue weighted by molar-refractivity contribution is 5.84. The van der Waals surface area contributed by atoms with E-state index in [1.165, 1.54) is 12.1 Å². The van der Waals surface area contributed by atoms with Gasteiger partial charge in [-0.25, -0.2) is 4.39 Å². The lowest BCUT2D eigenvalue weighted by atomic mass is 9.91.